The molecule has 0 aliphatic rings. The first kappa shape index (κ1) is 23.6. The van der Waals surface area contributed by atoms with E-state index in [-0.39, 0.29) is 32.8 Å². The van der Waals surface area contributed by atoms with Crippen LogP contribution in [0.1, 0.15) is 27.6 Å². The van der Waals surface area contributed by atoms with E-state index in [1.54, 1.807) is 25.1 Å². The van der Waals surface area contributed by atoms with Gasteiger partial charge in [0.25, 0.3) is 15.9 Å². The number of esters is 1. The van der Waals surface area contributed by atoms with E-state index in [0.29, 0.717) is 11.3 Å². The van der Waals surface area contributed by atoms with E-state index in [2.05, 4.69) is 10.0 Å². The van der Waals surface area contributed by atoms with Gasteiger partial charge in [-0.1, -0.05) is 29.3 Å². The monoisotopic (exact) mass is 492 g/mol. The summed E-state index contributed by atoms with van der Waals surface area (Å²) >= 11 is 11.8. The number of hydrogen-bond acceptors (Lipinski definition) is 5. The average molecular weight is 493 g/mol. The molecule has 0 fully saturated rings. The minimum atomic E-state index is -3.97. The van der Waals surface area contributed by atoms with Gasteiger partial charge in [0.1, 0.15) is 0 Å². The van der Waals surface area contributed by atoms with E-state index >= 15 is 0 Å². The number of benzene rings is 3. The summed E-state index contributed by atoms with van der Waals surface area (Å²) in [6.07, 6.45) is 0. The van der Waals surface area contributed by atoms with Gasteiger partial charge in [-0.15, -0.1) is 0 Å². The number of amides is 1. The molecule has 2 N–H and O–H groups in total. The third-order valence-corrected chi connectivity index (χ3v) is 5.97. The Hall–Kier alpha value is -3.07. The lowest BCUT2D eigenvalue weighted by Crippen LogP contribution is -2.15. The van der Waals surface area contributed by atoms with Crippen LogP contribution in [0.15, 0.2) is 71.6 Å². The zero-order valence-corrected chi connectivity index (χ0v) is 19.1. The van der Waals surface area contributed by atoms with Gasteiger partial charge in [-0.3, -0.25) is 9.52 Å². The first-order valence-corrected chi connectivity index (χ1v) is 11.6. The molecule has 3 aromatic carbocycles. The zero-order valence-electron chi connectivity index (χ0n) is 16.8. The van der Waals surface area contributed by atoms with Crippen molar-refractivity contribution in [2.45, 2.75) is 11.8 Å². The van der Waals surface area contributed by atoms with Crippen LogP contribution in [-0.4, -0.2) is 26.9 Å². The molecular weight excluding hydrogens is 475 g/mol. The van der Waals surface area contributed by atoms with Crippen LogP contribution in [0.4, 0.5) is 11.4 Å². The van der Waals surface area contributed by atoms with Gasteiger partial charge in [-0.25, -0.2) is 13.2 Å². The van der Waals surface area contributed by atoms with Crippen molar-refractivity contribution in [2.75, 3.05) is 16.6 Å². The molecule has 3 aromatic rings. The molecule has 0 spiro atoms. The van der Waals surface area contributed by atoms with Crippen molar-refractivity contribution >= 4 is 56.5 Å². The largest absolute Gasteiger partial charge is 0.462 e. The average Bonchev–Trinajstić information content (AvgIpc) is 2.73. The Morgan fingerprint density at radius 2 is 1.53 bits per heavy atom. The molecule has 10 heteroatoms. The number of hydrogen-bond donors (Lipinski definition) is 2. The fraction of sp³-hybridized carbons (Fsp3) is 0.0909. The fourth-order valence-electron chi connectivity index (χ4n) is 2.73. The SMILES string of the molecule is CCOC(=O)c1ccc(NC(=O)c2cccc(NS(=O)(=O)c3cc(Cl)cc(Cl)c3)c2)cc1. The molecule has 0 bridgehead atoms. The van der Waals surface area contributed by atoms with Crippen LogP contribution < -0.4 is 10.0 Å². The van der Waals surface area contributed by atoms with Crippen molar-refractivity contribution in [3.63, 3.8) is 0 Å². The molecular formula is C22H18Cl2N2O5S. The van der Waals surface area contributed by atoms with E-state index in [4.69, 9.17) is 27.9 Å². The van der Waals surface area contributed by atoms with E-state index in [0.717, 1.165) is 0 Å². The first-order valence-electron chi connectivity index (χ1n) is 9.35. The van der Waals surface area contributed by atoms with Gasteiger partial charge in [0.05, 0.1) is 17.1 Å². The topological polar surface area (TPSA) is 102 Å². The lowest BCUT2D eigenvalue weighted by Gasteiger charge is -2.11. The number of rotatable bonds is 7. The maximum atomic E-state index is 12.6. The molecule has 0 saturated carbocycles. The Morgan fingerprint density at radius 3 is 2.16 bits per heavy atom. The third kappa shape index (κ3) is 6.00. The quantitative estimate of drug-likeness (QED) is 0.440. The molecule has 0 heterocycles. The standard InChI is InChI=1S/C22H18Cl2N2O5S/c1-2-31-22(28)14-6-8-18(9-7-14)25-21(27)15-4-3-5-19(10-15)26-32(29,30)20-12-16(23)11-17(24)13-20/h3-13,26H,2H2,1H3,(H,25,27). The maximum absolute atomic E-state index is 12.6. The minimum absolute atomic E-state index is 0.105. The van der Waals surface area contributed by atoms with Gasteiger partial charge in [0.15, 0.2) is 0 Å². The predicted molar refractivity (Wildman–Crippen MR) is 124 cm³/mol. The molecule has 0 saturated heterocycles. The number of halogens is 2. The number of sulfonamides is 1. The van der Waals surface area contributed by atoms with Crippen molar-refractivity contribution in [1.82, 2.24) is 0 Å². The highest BCUT2D eigenvalue weighted by Gasteiger charge is 2.17. The van der Waals surface area contributed by atoms with Crippen LogP contribution in [0.3, 0.4) is 0 Å². The summed E-state index contributed by atoms with van der Waals surface area (Å²) in [5, 5.41) is 3.05. The number of anilines is 2. The molecule has 0 radical (unpaired) electrons. The second-order valence-corrected chi connectivity index (χ2v) is 9.10. The lowest BCUT2D eigenvalue weighted by molar-refractivity contribution is 0.0526. The Labute approximate surface area is 195 Å². The molecule has 3 rings (SSSR count). The highest BCUT2D eigenvalue weighted by Crippen LogP contribution is 2.24. The van der Waals surface area contributed by atoms with Gasteiger partial charge in [-0.05, 0) is 67.6 Å². The Balaban J connectivity index is 1.74. The predicted octanol–water partition coefficient (Wildman–Crippen LogP) is 5.22. The fourth-order valence-corrected chi connectivity index (χ4v) is 4.50. The van der Waals surface area contributed by atoms with Crippen LogP contribution in [0, 0.1) is 0 Å². The van der Waals surface area contributed by atoms with Crippen molar-refractivity contribution in [2.24, 2.45) is 0 Å². The van der Waals surface area contributed by atoms with Gasteiger partial charge in [0.2, 0.25) is 0 Å². The van der Waals surface area contributed by atoms with Crippen LogP contribution in [0.5, 0.6) is 0 Å². The summed E-state index contributed by atoms with van der Waals surface area (Å²) in [7, 11) is -3.97. The first-order chi connectivity index (χ1) is 15.2. The number of carbonyl (C=O) groups excluding carboxylic acids is 2. The zero-order chi connectivity index (χ0) is 23.3. The summed E-state index contributed by atoms with van der Waals surface area (Å²) < 4.78 is 32.6. The number of ether oxygens (including phenoxy) is 1. The highest BCUT2D eigenvalue weighted by atomic mass is 35.5. The smallest absolute Gasteiger partial charge is 0.338 e. The Bertz CT molecular complexity index is 1240. The summed E-state index contributed by atoms with van der Waals surface area (Å²) in [6.45, 7) is 1.98. The van der Waals surface area contributed by atoms with Gasteiger partial charge in [-0.2, -0.15) is 0 Å². The van der Waals surface area contributed by atoms with Gasteiger partial charge < -0.3 is 10.1 Å². The molecule has 1 amide bonds. The minimum Gasteiger partial charge on any atom is -0.462 e. The number of carbonyl (C=O) groups is 2. The molecule has 7 nitrogen and oxygen atoms in total. The van der Waals surface area contributed by atoms with Gasteiger partial charge in [0, 0.05) is 27.0 Å². The summed E-state index contributed by atoms with van der Waals surface area (Å²) in [4.78, 5) is 24.2. The van der Waals surface area contributed by atoms with Crippen molar-refractivity contribution < 1.29 is 22.7 Å². The van der Waals surface area contributed by atoms with Crippen LogP contribution in [0.2, 0.25) is 10.0 Å². The second-order valence-electron chi connectivity index (χ2n) is 6.54. The molecule has 0 aliphatic heterocycles. The van der Waals surface area contributed by atoms with E-state index in [1.165, 1.54) is 48.5 Å². The van der Waals surface area contributed by atoms with E-state index in [9.17, 15) is 18.0 Å². The van der Waals surface area contributed by atoms with Crippen LogP contribution in [-0.2, 0) is 14.8 Å². The Kier molecular flexibility index (Phi) is 7.40. The molecule has 0 aromatic heterocycles. The molecule has 166 valence electrons. The lowest BCUT2D eigenvalue weighted by atomic mass is 10.1. The molecule has 32 heavy (non-hydrogen) atoms. The Morgan fingerprint density at radius 1 is 0.875 bits per heavy atom. The van der Waals surface area contributed by atoms with Crippen LogP contribution >= 0.6 is 23.2 Å². The molecule has 0 unspecified atom stereocenters. The maximum Gasteiger partial charge on any atom is 0.338 e. The normalized spacial score (nSPS) is 11.0. The van der Waals surface area contributed by atoms with Gasteiger partial charge >= 0.3 is 5.97 Å². The summed E-state index contributed by atoms with van der Waals surface area (Å²) in [6, 6.07) is 16.2. The second kappa shape index (κ2) is 10.0. The number of nitrogens with one attached hydrogen (secondary N) is 2. The highest BCUT2D eigenvalue weighted by molar-refractivity contribution is 7.92. The van der Waals surface area contributed by atoms with Crippen molar-refractivity contribution in [1.29, 1.82) is 0 Å². The van der Waals surface area contributed by atoms with Crippen molar-refractivity contribution in [3.05, 3.63) is 87.9 Å². The van der Waals surface area contributed by atoms with Crippen molar-refractivity contribution in [3.8, 4) is 0 Å². The molecule has 0 aliphatic carbocycles. The van der Waals surface area contributed by atoms with E-state index < -0.39 is 21.9 Å². The third-order valence-electron chi connectivity index (χ3n) is 4.18. The summed E-state index contributed by atoms with van der Waals surface area (Å²) in [5.41, 5.74) is 1.24. The van der Waals surface area contributed by atoms with Crippen LogP contribution in [0.25, 0.3) is 0 Å². The molecule has 0 atom stereocenters. The summed E-state index contributed by atoms with van der Waals surface area (Å²) in [5.74, 6) is -0.910. The van der Waals surface area contributed by atoms with E-state index in [1.807, 2.05) is 0 Å².